The largest absolute Gasteiger partial charge is 0.357 e. The Morgan fingerprint density at radius 3 is 2.27 bits per heavy atom. The summed E-state index contributed by atoms with van der Waals surface area (Å²) in [6.07, 6.45) is 5.62. The van der Waals surface area contributed by atoms with E-state index in [-0.39, 0.29) is 17.0 Å². The molecule has 210 valence electrons. The highest BCUT2D eigenvalue weighted by Crippen LogP contribution is 2.37. The Labute approximate surface area is 251 Å². The zero-order chi connectivity index (χ0) is 28.9. The van der Waals surface area contributed by atoms with Gasteiger partial charge in [-0.15, -0.1) is 0 Å². The molecule has 2 aliphatic heterocycles. The maximum absolute atomic E-state index is 13.5. The van der Waals surface area contributed by atoms with Crippen LogP contribution in [0.15, 0.2) is 70.4 Å². The van der Waals surface area contributed by atoms with Crippen molar-refractivity contribution in [1.82, 2.24) is 9.47 Å². The number of pyridine rings is 1. The highest BCUT2D eigenvalue weighted by Gasteiger charge is 2.33. The number of hydrogen-bond donors (Lipinski definition) is 0. The van der Waals surface area contributed by atoms with Crippen molar-refractivity contribution < 1.29 is 4.79 Å². The zero-order valence-electron chi connectivity index (χ0n) is 23.5. The molecule has 0 atom stereocenters. The van der Waals surface area contributed by atoms with Crippen LogP contribution in [0, 0.1) is 24.2 Å². The van der Waals surface area contributed by atoms with E-state index in [0.717, 1.165) is 49.3 Å². The third-order valence-corrected chi connectivity index (χ3v) is 9.44. The first-order valence-corrected chi connectivity index (χ1v) is 15.4. The minimum absolute atomic E-state index is 0.125. The Morgan fingerprint density at radius 2 is 1.66 bits per heavy atom. The second-order valence-electron chi connectivity index (χ2n) is 10.6. The summed E-state index contributed by atoms with van der Waals surface area (Å²) in [5.74, 6) is 1.23. The molecule has 0 saturated carbocycles. The fraction of sp³-hybridized carbons (Fsp3) is 0.333. The van der Waals surface area contributed by atoms with Gasteiger partial charge in [-0.1, -0.05) is 84.6 Å². The number of thioether (sulfide) groups is 1. The Morgan fingerprint density at radius 1 is 1.02 bits per heavy atom. The van der Waals surface area contributed by atoms with Crippen molar-refractivity contribution in [3.63, 3.8) is 0 Å². The van der Waals surface area contributed by atoms with Gasteiger partial charge in [0.25, 0.3) is 11.5 Å². The molecule has 2 aliphatic rings. The maximum atomic E-state index is 13.5. The molecule has 3 aromatic rings. The summed E-state index contributed by atoms with van der Waals surface area (Å²) in [6.45, 7) is 6.29. The summed E-state index contributed by atoms with van der Waals surface area (Å²) in [5, 5.41) is 9.90. The van der Waals surface area contributed by atoms with E-state index < -0.39 is 0 Å². The first-order valence-electron chi connectivity index (χ1n) is 14.2. The van der Waals surface area contributed by atoms with E-state index in [9.17, 15) is 14.9 Å². The predicted molar refractivity (Wildman–Crippen MR) is 171 cm³/mol. The molecule has 2 aromatic carbocycles. The molecule has 0 spiro atoms. The lowest BCUT2D eigenvalue weighted by molar-refractivity contribution is -0.122. The van der Waals surface area contributed by atoms with Gasteiger partial charge < -0.3 is 4.90 Å². The van der Waals surface area contributed by atoms with E-state index in [1.165, 1.54) is 17.3 Å². The summed E-state index contributed by atoms with van der Waals surface area (Å²) in [6, 6.07) is 22.7. The number of piperidine rings is 1. The Balaban J connectivity index is 1.45. The number of nitriles is 1. The van der Waals surface area contributed by atoms with Crippen LogP contribution in [0.25, 0.3) is 6.08 Å². The van der Waals surface area contributed by atoms with Crippen LogP contribution in [0.1, 0.15) is 47.6 Å². The predicted octanol–water partition coefficient (Wildman–Crippen LogP) is 5.95. The molecule has 1 aromatic heterocycles. The maximum Gasteiger partial charge on any atom is 0.270 e. The average molecular weight is 583 g/mol. The Kier molecular flexibility index (Phi) is 9.06. The highest BCUT2D eigenvalue weighted by atomic mass is 32.2. The van der Waals surface area contributed by atoms with E-state index in [1.54, 1.807) is 9.47 Å². The second-order valence-corrected chi connectivity index (χ2v) is 12.3. The SMILES string of the molecule is CCn1c(N2CCC(Cc3ccccc3)CC2)c(/C=C2\SC(=S)N(CCc3ccccc3)C2=O)c(C)c(C#N)c1=O. The average Bonchev–Trinajstić information content (AvgIpc) is 3.26. The van der Waals surface area contributed by atoms with Crippen LogP contribution in [0.5, 0.6) is 0 Å². The van der Waals surface area contributed by atoms with Crippen LogP contribution in [-0.2, 0) is 24.2 Å². The van der Waals surface area contributed by atoms with Gasteiger partial charge in [-0.2, -0.15) is 5.26 Å². The fourth-order valence-corrected chi connectivity index (χ4v) is 7.07. The quantitative estimate of drug-likeness (QED) is 0.242. The van der Waals surface area contributed by atoms with Gasteiger partial charge >= 0.3 is 0 Å². The van der Waals surface area contributed by atoms with E-state index >= 15 is 0 Å². The van der Waals surface area contributed by atoms with Crippen molar-refractivity contribution in [2.45, 2.75) is 46.1 Å². The first-order chi connectivity index (χ1) is 19.9. The lowest BCUT2D eigenvalue weighted by atomic mass is 9.90. The molecule has 0 aliphatic carbocycles. The van der Waals surface area contributed by atoms with Gasteiger partial charge in [0.15, 0.2) is 0 Å². The van der Waals surface area contributed by atoms with Crippen molar-refractivity contribution in [2.75, 3.05) is 24.5 Å². The van der Waals surface area contributed by atoms with Gasteiger partial charge in [0.1, 0.15) is 21.8 Å². The third kappa shape index (κ3) is 6.17. The molecule has 0 bridgehead atoms. The van der Waals surface area contributed by atoms with Gasteiger partial charge in [0.2, 0.25) is 0 Å². The fourth-order valence-electron chi connectivity index (χ4n) is 5.78. The summed E-state index contributed by atoms with van der Waals surface area (Å²) in [4.78, 5) is 31.4. The van der Waals surface area contributed by atoms with E-state index in [4.69, 9.17) is 12.2 Å². The monoisotopic (exact) mass is 582 g/mol. The molecular formula is C33H34N4O2S2. The topological polar surface area (TPSA) is 69.3 Å². The van der Waals surface area contributed by atoms with E-state index in [2.05, 4.69) is 35.2 Å². The molecule has 6 nitrogen and oxygen atoms in total. The molecule has 5 rings (SSSR count). The molecule has 0 unspecified atom stereocenters. The molecular weight excluding hydrogens is 549 g/mol. The summed E-state index contributed by atoms with van der Waals surface area (Å²) >= 11 is 6.90. The highest BCUT2D eigenvalue weighted by molar-refractivity contribution is 8.26. The van der Waals surface area contributed by atoms with E-state index in [1.807, 2.05) is 56.3 Å². The zero-order valence-corrected chi connectivity index (χ0v) is 25.1. The lowest BCUT2D eigenvalue weighted by Crippen LogP contribution is -2.39. The van der Waals surface area contributed by atoms with Crippen LogP contribution >= 0.6 is 24.0 Å². The van der Waals surface area contributed by atoms with Crippen molar-refractivity contribution in [2.24, 2.45) is 5.92 Å². The second kappa shape index (κ2) is 12.9. The number of carbonyl (C=O) groups is 1. The minimum Gasteiger partial charge on any atom is -0.357 e. The molecule has 0 N–H and O–H groups in total. The third-order valence-electron chi connectivity index (χ3n) is 8.06. The van der Waals surface area contributed by atoms with Gasteiger partial charge in [-0.25, -0.2) is 0 Å². The normalized spacial score (nSPS) is 17.0. The van der Waals surface area contributed by atoms with Crippen molar-refractivity contribution in [3.8, 4) is 6.07 Å². The molecule has 3 heterocycles. The van der Waals surface area contributed by atoms with Crippen LogP contribution in [-0.4, -0.2) is 39.3 Å². The number of hydrogen-bond acceptors (Lipinski definition) is 6. The van der Waals surface area contributed by atoms with Crippen molar-refractivity contribution >= 4 is 46.1 Å². The van der Waals surface area contributed by atoms with Gasteiger partial charge in [-0.05, 0) is 68.2 Å². The molecule has 8 heteroatoms. The smallest absolute Gasteiger partial charge is 0.270 e. The first kappa shape index (κ1) is 28.8. The van der Waals surface area contributed by atoms with Gasteiger partial charge in [0.05, 0.1) is 4.91 Å². The van der Waals surface area contributed by atoms with Crippen LogP contribution in [0.2, 0.25) is 0 Å². The number of thiocarbonyl (C=S) groups is 1. The molecule has 2 saturated heterocycles. The number of benzene rings is 2. The Bertz CT molecular complexity index is 1570. The number of anilines is 1. The van der Waals surface area contributed by atoms with Crippen LogP contribution in [0.3, 0.4) is 0 Å². The summed E-state index contributed by atoms with van der Waals surface area (Å²) < 4.78 is 2.23. The Hall–Kier alpha value is -3.67. The summed E-state index contributed by atoms with van der Waals surface area (Å²) in [7, 11) is 0. The van der Waals surface area contributed by atoms with E-state index in [0.29, 0.717) is 40.2 Å². The molecule has 1 amide bonds. The number of amides is 1. The number of aromatic nitrogens is 1. The molecule has 2 fully saturated rings. The number of rotatable bonds is 8. The minimum atomic E-state index is -0.276. The lowest BCUT2D eigenvalue weighted by Gasteiger charge is -2.36. The number of carbonyl (C=O) groups excluding carboxylic acids is 1. The molecule has 41 heavy (non-hydrogen) atoms. The standard InChI is InChI=1S/C33H34N4O2S2/c1-3-36-30(35-17-14-26(15-18-35)20-25-12-8-5-9-13-25)27(23(2)28(22-34)31(36)38)21-29-32(39)37(33(40)41-29)19-16-24-10-6-4-7-11-24/h4-13,21,26H,3,14-20H2,1-2H3/b29-21-. The van der Waals surface area contributed by atoms with Crippen molar-refractivity contribution in [3.05, 3.63) is 104 Å². The van der Waals surface area contributed by atoms with Gasteiger partial charge in [-0.3, -0.25) is 19.1 Å². The van der Waals surface area contributed by atoms with Crippen LogP contribution < -0.4 is 10.5 Å². The summed E-state index contributed by atoms with van der Waals surface area (Å²) in [5.41, 5.74) is 3.71. The molecule has 0 radical (unpaired) electrons. The van der Waals surface area contributed by atoms with Gasteiger partial charge in [0, 0.05) is 31.7 Å². The number of nitrogens with zero attached hydrogens (tertiary/aromatic N) is 4. The van der Waals surface area contributed by atoms with Crippen molar-refractivity contribution in [1.29, 1.82) is 5.26 Å². The van der Waals surface area contributed by atoms with Crippen LogP contribution in [0.4, 0.5) is 5.82 Å².